The largest absolute Gasteiger partial charge is 0.497 e. The molecule has 0 heterocycles. The lowest BCUT2D eigenvalue weighted by Crippen LogP contribution is -2.28. The summed E-state index contributed by atoms with van der Waals surface area (Å²) in [4.78, 5) is 1.86. The Hall–Kier alpha value is -1.97. The van der Waals surface area contributed by atoms with E-state index in [1.54, 1.807) is 13.2 Å². The van der Waals surface area contributed by atoms with Gasteiger partial charge in [0, 0.05) is 22.1 Å². The molecule has 0 aliphatic heterocycles. The number of amidine groups is 1. The van der Waals surface area contributed by atoms with Gasteiger partial charge in [0.25, 0.3) is 0 Å². The number of ether oxygens (including phenoxy) is 1. The number of thioether (sulfide) groups is 1. The van der Waals surface area contributed by atoms with E-state index in [0.29, 0.717) is 12.3 Å². The molecule has 0 aromatic heterocycles. The Morgan fingerprint density at radius 3 is 2.54 bits per heavy atom. The molecule has 5 nitrogen and oxygen atoms in total. The van der Waals surface area contributed by atoms with Gasteiger partial charge in [-0.25, -0.2) is 4.39 Å². The lowest BCUT2D eigenvalue weighted by Gasteiger charge is -2.14. The van der Waals surface area contributed by atoms with Crippen molar-refractivity contribution in [1.82, 2.24) is 5.32 Å². The lowest BCUT2D eigenvalue weighted by molar-refractivity contribution is 0.414. The van der Waals surface area contributed by atoms with Gasteiger partial charge in [0.05, 0.1) is 7.11 Å². The van der Waals surface area contributed by atoms with Crippen LogP contribution in [0.3, 0.4) is 0 Å². The molecular weight excluding hydrogens is 391 g/mol. The summed E-state index contributed by atoms with van der Waals surface area (Å²) in [5.74, 6) is 0.940. The summed E-state index contributed by atoms with van der Waals surface area (Å²) in [6.45, 7) is 0.336. The molecule has 138 valence electrons. The molecule has 0 aliphatic carbocycles. The van der Waals surface area contributed by atoms with Crippen molar-refractivity contribution in [2.45, 2.75) is 22.1 Å². The first-order valence-electron chi connectivity index (χ1n) is 7.52. The van der Waals surface area contributed by atoms with Crippen LogP contribution in [0.15, 0.2) is 46.2 Å². The van der Waals surface area contributed by atoms with Crippen LogP contribution in [0.4, 0.5) is 4.39 Å². The van der Waals surface area contributed by atoms with Crippen molar-refractivity contribution >= 4 is 46.0 Å². The second-order valence-corrected chi connectivity index (χ2v) is 7.74. The Labute approximate surface area is 165 Å². The van der Waals surface area contributed by atoms with Crippen LogP contribution in [0.1, 0.15) is 11.1 Å². The molecule has 0 bridgehead atoms. The van der Waals surface area contributed by atoms with E-state index in [4.69, 9.17) is 33.8 Å². The van der Waals surface area contributed by atoms with E-state index in [2.05, 4.69) is 5.32 Å². The molecule has 0 fully saturated rings. The molecule has 0 spiro atoms. The maximum absolute atomic E-state index is 13.6. The highest BCUT2D eigenvalue weighted by Gasteiger charge is 2.11. The highest BCUT2D eigenvalue weighted by molar-refractivity contribution is 8.13. The van der Waals surface area contributed by atoms with E-state index in [1.807, 2.05) is 18.2 Å². The Bertz CT molecular complexity index is 817. The van der Waals surface area contributed by atoms with Crippen molar-refractivity contribution in [3.8, 4) is 5.75 Å². The van der Waals surface area contributed by atoms with Gasteiger partial charge in [0.2, 0.25) is 0 Å². The van der Waals surface area contributed by atoms with Crippen LogP contribution in [-0.2, 0) is 12.3 Å². The van der Waals surface area contributed by atoms with Gasteiger partial charge in [-0.1, -0.05) is 23.5 Å². The van der Waals surface area contributed by atoms with Crippen LogP contribution >= 0.6 is 35.7 Å². The lowest BCUT2D eigenvalue weighted by atomic mass is 10.2. The zero-order valence-corrected chi connectivity index (χ0v) is 16.5. The minimum absolute atomic E-state index is 0.0481. The molecule has 0 unspecified atom stereocenters. The fraction of sp³-hybridized carbons (Fsp3) is 0.176. The molecule has 0 atom stereocenters. The topological polar surface area (TPSA) is 97.1 Å². The number of rotatable bonds is 7. The van der Waals surface area contributed by atoms with Gasteiger partial charge < -0.3 is 21.5 Å². The first-order chi connectivity index (χ1) is 12.4. The highest BCUT2D eigenvalue weighted by atomic mass is 32.2. The van der Waals surface area contributed by atoms with Crippen LogP contribution < -0.4 is 21.5 Å². The molecule has 2 rings (SSSR count). The third-order valence-electron chi connectivity index (χ3n) is 3.35. The monoisotopic (exact) mass is 410 g/mol. The van der Waals surface area contributed by atoms with Gasteiger partial charge >= 0.3 is 0 Å². The molecule has 2 aromatic carbocycles. The molecule has 26 heavy (non-hydrogen) atoms. The number of nitrogens with two attached hydrogens (primary N) is 2. The zero-order valence-electron chi connectivity index (χ0n) is 14.0. The summed E-state index contributed by atoms with van der Waals surface area (Å²) in [7, 11) is 1.60. The molecule has 0 amide bonds. The average molecular weight is 411 g/mol. The van der Waals surface area contributed by atoms with E-state index >= 15 is 0 Å². The second kappa shape index (κ2) is 9.65. The van der Waals surface area contributed by atoms with Crippen LogP contribution in [0.2, 0.25) is 0 Å². The Morgan fingerprint density at radius 1 is 1.19 bits per heavy atom. The van der Waals surface area contributed by atoms with Crippen LogP contribution in [0.25, 0.3) is 0 Å². The predicted molar refractivity (Wildman–Crippen MR) is 110 cm³/mol. The SMILES string of the molecule is COc1ccc(Sc2ccc(F)cc2CNC(N)=S)c(CSC(=N)N)c1. The molecule has 0 radical (unpaired) electrons. The van der Waals surface area contributed by atoms with Crippen molar-refractivity contribution in [2.75, 3.05) is 7.11 Å². The first kappa shape index (κ1) is 20.3. The van der Waals surface area contributed by atoms with E-state index in [0.717, 1.165) is 26.7 Å². The van der Waals surface area contributed by atoms with Gasteiger partial charge in [-0.05, 0) is 59.7 Å². The Morgan fingerprint density at radius 2 is 1.88 bits per heavy atom. The predicted octanol–water partition coefficient (Wildman–Crippen LogP) is 3.45. The van der Waals surface area contributed by atoms with Gasteiger partial charge in [-0.15, -0.1) is 0 Å². The summed E-state index contributed by atoms with van der Waals surface area (Å²) in [5.41, 5.74) is 12.7. The minimum atomic E-state index is -0.323. The maximum Gasteiger partial charge on any atom is 0.163 e. The number of hydrogen-bond donors (Lipinski definition) is 4. The smallest absolute Gasteiger partial charge is 0.163 e. The number of methoxy groups -OCH3 is 1. The number of benzene rings is 2. The van der Waals surface area contributed by atoms with Gasteiger partial charge in [-0.2, -0.15) is 0 Å². The van der Waals surface area contributed by atoms with E-state index in [1.165, 1.54) is 35.7 Å². The van der Waals surface area contributed by atoms with Crippen molar-refractivity contribution in [3.05, 3.63) is 53.3 Å². The zero-order chi connectivity index (χ0) is 19.1. The summed E-state index contributed by atoms with van der Waals surface area (Å²) in [6, 6.07) is 10.3. The first-order valence-corrected chi connectivity index (χ1v) is 9.73. The van der Waals surface area contributed by atoms with E-state index in [-0.39, 0.29) is 16.1 Å². The Balaban J connectivity index is 2.31. The summed E-state index contributed by atoms with van der Waals surface area (Å²) >= 11 is 7.56. The number of nitrogens with one attached hydrogen (secondary N) is 2. The molecular formula is C17H19FN4OS3. The standard InChI is InChI=1S/C17H19FN4OS3/c1-23-13-3-5-15(11(7-13)9-25-16(19)20)26-14-4-2-12(18)6-10(14)8-22-17(21)24/h2-7H,8-9H2,1H3,(H3,19,20)(H3,21,22,24). The fourth-order valence-electron chi connectivity index (χ4n) is 2.14. The van der Waals surface area contributed by atoms with Gasteiger partial charge in [0.1, 0.15) is 11.6 Å². The number of halogens is 1. The van der Waals surface area contributed by atoms with Crippen LogP contribution in [0.5, 0.6) is 5.75 Å². The van der Waals surface area contributed by atoms with Crippen molar-refractivity contribution in [3.63, 3.8) is 0 Å². The normalized spacial score (nSPS) is 10.4. The van der Waals surface area contributed by atoms with Crippen molar-refractivity contribution < 1.29 is 9.13 Å². The molecule has 0 saturated carbocycles. The second-order valence-electron chi connectivity index (χ2n) is 5.20. The third-order valence-corrected chi connectivity index (χ3v) is 5.49. The minimum Gasteiger partial charge on any atom is -0.497 e. The molecule has 6 N–H and O–H groups in total. The molecule has 9 heteroatoms. The van der Waals surface area contributed by atoms with Crippen molar-refractivity contribution in [2.24, 2.45) is 11.5 Å². The third kappa shape index (κ3) is 6.08. The molecule has 2 aromatic rings. The summed E-state index contributed by atoms with van der Waals surface area (Å²) < 4.78 is 18.9. The maximum atomic E-state index is 13.6. The summed E-state index contributed by atoms with van der Waals surface area (Å²) in [6.07, 6.45) is 0. The van der Waals surface area contributed by atoms with Gasteiger partial charge in [-0.3, -0.25) is 5.41 Å². The van der Waals surface area contributed by atoms with Gasteiger partial charge in [0.15, 0.2) is 10.3 Å². The van der Waals surface area contributed by atoms with Crippen LogP contribution in [-0.4, -0.2) is 17.4 Å². The molecule has 0 saturated heterocycles. The quantitative estimate of drug-likeness (QED) is 0.315. The summed E-state index contributed by atoms with van der Waals surface area (Å²) in [5, 5.41) is 10.5. The average Bonchev–Trinajstić information content (AvgIpc) is 2.60. The fourth-order valence-corrected chi connectivity index (χ4v) is 3.88. The van der Waals surface area contributed by atoms with Crippen molar-refractivity contribution in [1.29, 1.82) is 5.41 Å². The van der Waals surface area contributed by atoms with Crippen LogP contribution in [0, 0.1) is 11.2 Å². The van der Waals surface area contributed by atoms with E-state index in [9.17, 15) is 4.39 Å². The Kier molecular flexibility index (Phi) is 7.55. The van der Waals surface area contributed by atoms with E-state index < -0.39 is 0 Å². The number of hydrogen-bond acceptors (Lipinski definition) is 5. The highest BCUT2D eigenvalue weighted by Crippen LogP contribution is 2.36. The molecule has 0 aliphatic rings. The number of thiocarbonyl (C=S) groups is 1.